The molecule has 18 heavy (non-hydrogen) atoms. The molecule has 0 atom stereocenters. The molecule has 0 aromatic heterocycles. The molecule has 1 aliphatic carbocycles. The Morgan fingerprint density at radius 2 is 1.94 bits per heavy atom. The monoisotopic (exact) mass is 272 g/mol. The van der Waals surface area contributed by atoms with Gasteiger partial charge >= 0.3 is 0 Å². The summed E-state index contributed by atoms with van der Waals surface area (Å²) in [6.07, 6.45) is 3.62. The van der Waals surface area contributed by atoms with Crippen molar-refractivity contribution in [3.8, 4) is 0 Å². The Bertz CT molecular complexity index is 419. The van der Waals surface area contributed by atoms with Crippen LogP contribution in [0.4, 0.5) is 10.1 Å². The molecule has 3 nitrogen and oxygen atoms in total. The molecule has 2 rings (SSSR count). The third-order valence-electron chi connectivity index (χ3n) is 3.56. The van der Waals surface area contributed by atoms with Gasteiger partial charge in [0.05, 0.1) is 11.1 Å². The highest BCUT2D eigenvalue weighted by Gasteiger charge is 2.39. The maximum absolute atomic E-state index is 13.4. The maximum Gasteiger partial charge on any atom is 0.231 e. The van der Waals surface area contributed by atoms with Gasteiger partial charge in [0.15, 0.2) is 0 Å². The van der Waals surface area contributed by atoms with Crippen LogP contribution in [-0.2, 0) is 4.79 Å². The summed E-state index contributed by atoms with van der Waals surface area (Å²) in [6.45, 7) is 0.327. The molecule has 1 aromatic rings. The Morgan fingerprint density at radius 1 is 1.33 bits per heavy atom. The molecule has 0 unspecified atom stereocenters. The molecular weight excluding hydrogens is 255 g/mol. The van der Waals surface area contributed by atoms with Crippen molar-refractivity contribution in [2.45, 2.75) is 25.7 Å². The molecule has 5 heteroatoms. The number of carbonyl (C=O) groups is 1. The molecule has 100 valence electrons. The number of hydrogen-bond acceptors (Lipinski definition) is 2. The number of carbonyl (C=O) groups excluding carboxylic acids is 1. The minimum atomic E-state index is -0.498. The number of hydrogen-bond donors (Lipinski definition) is 2. The molecule has 1 aromatic carbocycles. The maximum atomic E-state index is 13.4. The van der Waals surface area contributed by atoms with Crippen molar-refractivity contribution in [1.29, 1.82) is 0 Å². The molecule has 0 radical (unpaired) electrons. The smallest absolute Gasteiger partial charge is 0.231 e. The van der Waals surface area contributed by atoms with Gasteiger partial charge in [-0.05, 0) is 25.0 Å². The van der Waals surface area contributed by atoms with Crippen LogP contribution >= 0.6 is 12.4 Å². The molecule has 1 saturated carbocycles. The number of benzene rings is 1. The second-order valence-corrected chi connectivity index (χ2v) is 4.63. The molecule has 1 amide bonds. The largest absolute Gasteiger partial charge is 0.329 e. The number of rotatable bonds is 3. The highest BCUT2D eigenvalue weighted by molar-refractivity contribution is 5.95. The molecule has 3 N–H and O–H groups in total. The zero-order chi connectivity index (χ0) is 12.3. The van der Waals surface area contributed by atoms with Crippen LogP contribution in [0.5, 0.6) is 0 Å². The highest BCUT2D eigenvalue weighted by atomic mass is 35.5. The van der Waals surface area contributed by atoms with Crippen LogP contribution in [-0.4, -0.2) is 12.5 Å². The van der Waals surface area contributed by atoms with E-state index in [9.17, 15) is 9.18 Å². The van der Waals surface area contributed by atoms with Crippen LogP contribution in [0.3, 0.4) is 0 Å². The van der Waals surface area contributed by atoms with Crippen LogP contribution in [0.15, 0.2) is 24.3 Å². The minimum Gasteiger partial charge on any atom is -0.329 e. The van der Waals surface area contributed by atoms with Gasteiger partial charge in [-0.2, -0.15) is 0 Å². The molecule has 0 spiro atoms. The molecule has 1 fully saturated rings. The summed E-state index contributed by atoms with van der Waals surface area (Å²) in [5, 5.41) is 2.65. The lowest BCUT2D eigenvalue weighted by Crippen LogP contribution is -2.40. The summed E-state index contributed by atoms with van der Waals surface area (Å²) in [6, 6.07) is 6.19. The van der Waals surface area contributed by atoms with Gasteiger partial charge in [-0.25, -0.2) is 4.39 Å². The minimum absolute atomic E-state index is 0. The number of nitrogens with two attached hydrogens (primary N) is 1. The van der Waals surface area contributed by atoms with Crippen molar-refractivity contribution in [2.75, 3.05) is 11.9 Å². The van der Waals surface area contributed by atoms with Crippen LogP contribution < -0.4 is 11.1 Å². The zero-order valence-electron chi connectivity index (χ0n) is 10.1. The first-order valence-corrected chi connectivity index (χ1v) is 5.94. The molecule has 0 saturated heterocycles. The fraction of sp³-hybridized carbons (Fsp3) is 0.462. The SMILES string of the molecule is Cl.NCC1(C(=O)Nc2ccccc2F)CCCC1. The van der Waals surface area contributed by atoms with Gasteiger partial charge in [0, 0.05) is 6.54 Å². The molecule has 0 heterocycles. The Labute approximate surface area is 112 Å². The van der Waals surface area contributed by atoms with E-state index in [2.05, 4.69) is 5.32 Å². The van der Waals surface area contributed by atoms with E-state index in [0.29, 0.717) is 6.54 Å². The summed E-state index contributed by atoms with van der Waals surface area (Å²) in [7, 11) is 0. The van der Waals surface area contributed by atoms with Crippen molar-refractivity contribution in [3.05, 3.63) is 30.1 Å². The first-order valence-electron chi connectivity index (χ1n) is 5.94. The molecule has 0 bridgehead atoms. The summed E-state index contributed by atoms with van der Waals surface area (Å²) >= 11 is 0. The normalized spacial score (nSPS) is 17.0. The first-order chi connectivity index (χ1) is 8.18. The molecule has 0 aliphatic heterocycles. The van der Waals surface area contributed by atoms with Crippen LogP contribution in [0, 0.1) is 11.2 Å². The first kappa shape index (κ1) is 14.9. The van der Waals surface area contributed by atoms with Crippen molar-refractivity contribution >= 4 is 24.0 Å². The summed E-state index contributed by atoms with van der Waals surface area (Å²) in [4.78, 5) is 12.2. The Balaban J connectivity index is 0.00000162. The highest BCUT2D eigenvalue weighted by Crippen LogP contribution is 2.38. The predicted octanol–water partition coefficient (Wildman–Crippen LogP) is 2.71. The van der Waals surface area contributed by atoms with E-state index in [1.165, 1.54) is 6.07 Å². The van der Waals surface area contributed by atoms with E-state index in [4.69, 9.17) is 5.73 Å². The zero-order valence-corrected chi connectivity index (χ0v) is 10.9. The van der Waals surface area contributed by atoms with Gasteiger partial charge in [-0.1, -0.05) is 25.0 Å². The number of anilines is 1. The second-order valence-electron chi connectivity index (χ2n) is 4.63. The second kappa shape index (κ2) is 6.16. The van der Waals surface area contributed by atoms with E-state index >= 15 is 0 Å². The fourth-order valence-corrected chi connectivity index (χ4v) is 2.39. The van der Waals surface area contributed by atoms with Gasteiger partial charge < -0.3 is 11.1 Å². The topological polar surface area (TPSA) is 55.1 Å². The quantitative estimate of drug-likeness (QED) is 0.889. The average Bonchev–Trinajstić information content (AvgIpc) is 2.82. The van der Waals surface area contributed by atoms with Crippen LogP contribution in [0.2, 0.25) is 0 Å². The van der Waals surface area contributed by atoms with E-state index in [0.717, 1.165) is 25.7 Å². The van der Waals surface area contributed by atoms with E-state index in [-0.39, 0.29) is 24.0 Å². The lowest BCUT2D eigenvalue weighted by molar-refractivity contribution is -0.124. The molecule has 1 aliphatic rings. The number of halogens is 2. The summed E-state index contributed by atoms with van der Waals surface area (Å²) < 4.78 is 13.4. The van der Waals surface area contributed by atoms with Gasteiger partial charge in [0.25, 0.3) is 0 Å². The number of para-hydroxylation sites is 1. The van der Waals surface area contributed by atoms with Crippen molar-refractivity contribution in [2.24, 2.45) is 11.1 Å². The fourth-order valence-electron chi connectivity index (χ4n) is 2.39. The lowest BCUT2D eigenvalue weighted by atomic mass is 9.85. The van der Waals surface area contributed by atoms with Crippen LogP contribution in [0.25, 0.3) is 0 Å². The third kappa shape index (κ3) is 2.82. The van der Waals surface area contributed by atoms with E-state index in [1.54, 1.807) is 18.2 Å². The third-order valence-corrected chi connectivity index (χ3v) is 3.56. The standard InChI is InChI=1S/C13H17FN2O.ClH/c14-10-5-1-2-6-11(10)16-12(17)13(9-15)7-3-4-8-13;/h1-2,5-6H,3-4,7-9,15H2,(H,16,17);1H. The van der Waals surface area contributed by atoms with E-state index < -0.39 is 11.2 Å². The van der Waals surface area contributed by atoms with Gasteiger partial charge in [0.1, 0.15) is 5.82 Å². The summed E-state index contributed by atoms with van der Waals surface area (Å²) in [5.41, 5.74) is 5.44. The Kier molecular flexibility index (Phi) is 5.11. The van der Waals surface area contributed by atoms with Crippen molar-refractivity contribution in [3.63, 3.8) is 0 Å². The lowest BCUT2D eigenvalue weighted by Gasteiger charge is -2.25. The van der Waals surface area contributed by atoms with Crippen molar-refractivity contribution in [1.82, 2.24) is 0 Å². The van der Waals surface area contributed by atoms with Gasteiger partial charge in [0.2, 0.25) is 5.91 Å². The van der Waals surface area contributed by atoms with Crippen molar-refractivity contribution < 1.29 is 9.18 Å². The van der Waals surface area contributed by atoms with Gasteiger partial charge in [-0.15, -0.1) is 12.4 Å². The number of amides is 1. The average molecular weight is 273 g/mol. The molecular formula is C13H18ClFN2O. The summed E-state index contributed by atoms with van der Waals surface area (Å²) in [5.74, 6) is -0.561. The van der Waals surface area contributed by atoms with Gasteiger partial charge in [-0.3, -0.25) is 4.79 Å². The predicted molar refractivity (Wildman–Crippen MR) is 72.2 cm³/mol. The van der Waals surface area contributed by atoms with Crippen LogP contribution in [0.1, 0.15) is 25.7 Å². The van der Waals surface area contributed by atoms with E-state index in [1.807, 2.05) is 0 Å². The Hall–Kier alpha value is -1.13. The number of nitrogens with one attached hydrogen (secondary N) is 1. The Morgan fingerprint density at radius 3 is 2.50 bits per heavy atom.